The summed E-state index contributed by atoms with van der Waals surface area (Å²) in [7, 11) is 0. The summed E-state index contributed by atoms with van der Waals surface area (Å²) in [5, 5.41) is 13.2. The minimum atomic E-state index is -0.609. The van der Waals surface area contributed by atoms with Crippen molar-refractivity contribution in [3.05, 3.63) is 53.9 Å². The highest BCUT2D eigenvalue weighted by molar-refractivity contribution is 5.25. The maximum Gasteiger partial charge on any atom is 0.126 e. The second-order valence-electron chi connectivity index (χ2n) is 4.88. The van der Waals surface area contributed by atoms with Crippen LogP contribution in [0.5, 0.6) is 0 Å². The van der Waals surface area contributed by atoms with Crippen LogP contribution in [0, 0.1) is 12.7 Å². The zero-order valence-electron chi connectivity index (χ0n) is 11.6. The molecule has 1 aromatic heterocycles. The van der Waals surface area contributed by atoms with Crippen LogP contribution in [-0.4, -0.2) is 27.7 Å². The Kier molecular flexibility index (Phi) is 5.26. The summed E-state index contributed by atoms with van der Waals surface area (Å²) in [6.07, 6.45) is 5.83. The second kappa shape index (κ2) is 7.17. The molecule has 2 N–H and O–H groups in total. The number of nitrogens with zero attached hydrogens (tertiary/aromatic N) is 2. The fourth-order valence-corrected chi connectivity index (χ4v) is 2.04. The van der Waals surface area contributed by atoms with E-state index in [2.05, 4.69) is 10.3 Å². The molecule has 0 bridgehead atoms. The Bertz CT molecular complexity index is 528. The van der Waals surface area contributed by atoms with Crippen molar-refractivity contribution < 1.29 is 9.50 Å². The van der Waals surface area contributed by atoms with Crippen LogP contribution in [0.4, 0.5) is 4.39 Å². The molecule has 5 heteroatoms. The van der Waals surface area contributed by atoms with Gasteiger partial charge in [0.05, 0.1) is 12.4 Å². The number of aryl methyl sites for hydroxylation is 2. The van der Waals surface area contributed by atoms with E-state index in [4.69, 9.17) is 0 Å². The summed E-state index contributed by atoms with van der Waals surface area (Å²) in [5.41, 5.74) is 1.30. The van der Waals surface area contributed by atoms with Crippen molar-refractivity contribution in [1.82, 2.24) is 14.9 Å². The average molecular weight is 277 g/mol. The van der Waals surface area contributed by atoms with E-state index >= 15 is 0 Å². The Balaban J connectivity index is 1.69. The average Bonchev–Trinajstić information content (AvgIpc) is 2.94. The first kappa shape index (κ1) is 14.7. The minimum Gasteiger partial charge on any atom is -0.387 e. The van der Waals surface area contributed by atoms with E-state index in [0.29, 0.717) is 12.1 Å². The van der Waals surface area contributed by atoms with Gasteiger partial charge in [-0.25, -0.2) is 9.37 Å². The molecule has 0 radical (unpaired) electrons. The van der Waals surface area contributed by atoms with Crippen LogP contribution in [0.15, 0.2) is 36.9 Å². The van der Waals surface area contributed by atoms with Gasteiger partial charge in [0.25, 0.3) is 0 Å². The van der Waals surface area contributed by atoms with E-state index in [0.717, 1.165) is 25.1 Å². The van der Waals surface area contributed by atoms with Crippen LogP contribution in [0.3, 0.4) is 0 Å². The molecule has 20 heavy (non-hydrogen) atoms. The number of hydrogen-bond acceptors (Lipinski definition) is 3. The minimum absolute atomic E-state index is 0.241. The van der Waals surface area contributed by atoms with E-state index in [-0.39, 0.29) is 5.82 Å². The number of imidazole rings is 1. The quantitative estimate of drug-likeness (QED) is 0.762. The van der Waals surface area contributed by atoms with Crippen molar-refractivity contribution in [2.45, 2.75) is 26.0 Å². The highest BCUT2D eigenvalue weighted by Gasteiger charge is 2.08. The Morgan fingerprint density at radius 1 is 1.45 bits per heavy atom. The Hall–Kier alpha value is -1.72. The van der Waals surface area contributed by atoms with Gasteiger partial charge < -0.3 is 15.0 Å². The molecule has 2 rings (SSSR count). The second-order valence-corrected chi connectivity index (χ2v) is 4.88. The molecular formula is C15H20FN3O. The van der Waals surface area contributed by atoms with Gasteiger partial charge in [-0.05, 0) is 37.1 Å². The fraction of sp³-hybridized carbons (Fsp3) is 0.400. The van der Waals surface area contributed by atoms with Crippen LogP contribution in [0.1, 0.15) is 23.7 Å². The molecule has 0 amide bonds. The molecule has 1 unspecified atom stereocenters. The Labute approximate surface area is 118 Å². The van der Waals surface area contributed by atoms with Crippen LogP contribution in [-0.2, 0) is 6.54 Å². The van der Waals surface area contributed by atoms with Crippen molar-refractivity contribution in [3.63, 3.8) is 0 Å². The van der Waals surface area contributed by atoms with Crippen molar-refractivity contribution in [2.24, 2.45) is 0 Å². The molecule has 0 aliphatic rings. The molecule has 1 atom stereocenters. The van der Waals surface area contributed by atoms with Crippen molar-refractivity contribution >= 4 is 0 Å². The molecule has 0 aliphatic carbocycles. The number of hydrogen-bond donors (Lipinski definition) is 2. The Morgan fingerprint density at radius 3 is 3.00 bits per heavy atom. The lowest BCUT2D eigenvalue weighted by atomic mass is 10.1. The summed E-state index contributed by atoms with van der Waals surface area (Å²) >= 11 is 0. The van der Waals surface area contributed by atoms with Gasteiger partial charge in [0.1, 0.15) is 5.82 Å². The molecule has 0 spiro atoms. The molecule has 0 fully saturated rings. The van der Waals surface area contributed by atoms with Gasteiger partial charge in [-0.1, -0.05) is 12.1 Å². The van der Waals surface area contributed by atoms with E-state index < -0.39 is 6.10 Å². The third-order valence-corrected chi connectivity index (χ3v) is 3.23. The summed E-state index contributed by atoms with van der Waals surface area (Å²) in [5.74, 6) is -0.241. The number of halogens is 1. The largest absolute Gasteiger partial charge is 0.387 e. The molecule has 0 saturated heterocycles. The standard InChI is InChI=1S/C15H20FN3O/c1-12-9-13(3-4-14(12)16)15(20)10-17-5-2-7-19-8-6-18-11-19/h3-4,6,8-9,11,15,17,20H,2,5,7,10H2,1H3. The van der Waals surface area contributed by atoms with Gasteiger partial charge in [-0.2, -0.15) is 0 Å². The van der Waals surface area contributed by atoms with Crippen LogP contribution in [0.2, 0.25) is 0 Å². The first-order valence-electron chi connectivity index (χ1n) is 6.77. The number of nitrogens with one attached hydrogen (secondary N) is 1. The van der Waals surface area contributed by atoms with Crippen molar-refractivity contribution in [1.29, 1.82) is 0 Å². The van der Waals surface area contributed by atoms with E-state index in [1.165, 1.54) is 6.07 Å². The lowest BCUT2D eigenvalue weighted by molar-refractivity contribution is 0.174. The van der Waals surface area contributed by atoms with Gasteiger partial charge >= 0.3 is 0 Å². The number of rotatable bonds is 7. The third kappa shape index (κ3) is 4.15. The number of aliphatic hydroxyl groups is 1. The Morgan fingerprint density at radius 2 is 2.30 bits per heavy atom. The summed E-state index contributed by atoms with van der Waals surface area (Å²) in [4.78, 5) is 3.98. The highest BCUT2D eigenvalue weighted by Crippen LogP contribution is 2.15. The predicted octanol–water partition coefficient (Wildman–Crippen LogP) is 2.04. The SMILES string of the molecule is Cc1cc(C(O)CNCCCn2ccnc2)ccc1F. The van der Waals surface area contributed by atoms with E-state index in [1.54, 1.807) is 31.6 Å². The first-order valence-corrected chi connectivity index (χ1v) is 6.77. The van der Waals surface area contributed by atoms with Gasteiger partial charge in [0, 0.05) is 25.5 Å². The lowest BCUT2D eigenvalue weighted by Crippen LogP contribution is -2.23. The summed E-state index contributed by atoms with van der Waals surface area (Å²) < 4.78 is 15.2. The normalized spacial score (nSPS) is 12.6. The molecule has 1 aromatic carbocycles. The molecule has 2 aromatic rings. The molecule has 0 saturated carbocycles. The molecule has 1 heterocycles. The smallest absolute Gasteiger partial charge is 0.126 e. The van der Waals surface area contributed by atoms with Crippen molar-refractivity contribution in [2.75, 3.05) is 13.1 Å². The monoisotopic (exact) mass is 277 g/mol. The first-order chi connectivity index (χ1) is 9.66. The number of aliphatic hydroxyl groups excluding tert-OH is 1. The van der Waals surface area contributed by atoms with Crippen LogP contribution in [0.25, 0.3) is 0 Å². The highest BCUT2D eigenvalue weighted by atomic mass is 19.1. The molecule has 108 valence electrons. The number of benzene rings is 1. The predicted molar refractivity (Wildman–Crippen MR) is 75.8 cm³/mol. The van der Waals surface area contributed by atoms with Gasteiger partial charge in [0.15, 0.2) is 0 Å². The third-order valence-electron chi connectivity index (χ3n) is 3.23. The summed E-state index contributed by atoms with van der Waals surface area (Å²) in [6, 6.07) is 4.71. The van der Waals surface area contributed by atoms with Crippen molar-refractivity contribution in [3.8, 4) is 0 Å². The van der Waals surface area contributed by atoms with Gasteiger partial charge in [-0.3, -0.25) is 0 Å². The zero-order valence-corrected chi connectivity index (χ0v) is 11.6. The molecule has 0 aliphatic heterocycles. The van der Waals surface area contributed by atoms with E-state index in [9.17, 15) is 9.50 Å². The van der Waals surface area contributed by atoms with Gasteiger partial charge in [0.2, 0.25) is 0 Å². The topological polar surface area (TPSA) is 50.1 Å². The van der Waals surface area contributed by atoms with Crippen LogP contribution < -0.4 is 5.32 Å². The van der Waals surface area contributed by atoms with Crippen LogP contribution >= 0.6 is 0 Å². The fourth-order valence-electron chi connectivity index (χ4n) is 2.04. The van der Waals surface area contributed by atoms with Gasteiger partial charge in [-0.15, -0.1) is 0 Å². The molecular weight excluding hydrogens is 257 g/mol. The maximum absolute atomic E-state index is 13.1. The maximum atomic E-state index is 13.1. The molecule has 4 nitrogen and oxygen atoms in total. The zero-order chi connectivity index (χ0) is 14.4. The number of aromatic nitrogens is 2. The lowest BCUT2D eigenvalue weighted by Gasteiger charge is -2.13. The summed E-state index contributed by atoms with van der Waals surface area (Å²) in [6.45, 7) is 3.88. The van der Waals surface area contributed by atoms with E-state index in [1.807, 2.05) is 10.8 Å².